The minimum Gasteiger partial charge on any atom is -0.444 e. The maximum absolute atomic E-state index is 12.2. The molecule has 34 heavy (non-hydrogen) atoms. The van der Waals surface area contributed by atoms with Crippen molar-refractivity contribution >= 4 is 24.2 Å². The maximum Gasteiger partial charge on any atom is 0.414 e. The molecule has 0 saturated carbocycles. The van der Waals surface area contributed by atoms with Crippen LogP contribution in [-0.2, 0) is 15.9 Å². The summed E-state index contributed by atoms with van der Waals surface area (Å²) < 4.78 is 16.2. The summed E-state index contributed by atoms with van der Waals surface area (Å²) in [6.45, 7) is 11.1. The lowest BCUT2D eigenvalue weighted by Gasteiger charge is -2.27. The van der Waals surface area contributed by atoms with Crippen molar-refractivity contribution in [3.8, 4) is 0 Å². The Morgan fingerprint density at radius 1 is 1.09 bits per heavy atom. The first-order valence-electron chi connectivity index (χ1n) is 11.2. The number of fused-ring (bicyclic) bond motifs is 2. The quantitative estimate of drug-likeness (QED) is 0.438. The zero-order valence-corrected chi connectivity index (χ0v) is 20.4. The Hall–Kier alpha value is -3.38. The van der Waals surface area contributed by atoms with Gasteiger partial charge in [0.2, 0.25) is 17.7 Å². The standard InChI is InChI=1S/C21H33N7O6/c1-20(2,3)33-18(30)24-16(25-19(31)34-21(4,5)6)22-10-9-14-26-27-15(32-14)13-8-7-12-11-28(13)17(29)23-12/h12-13H,7-11H2,1-6H3,(H,23,29)(H2,22,24,25,30,31). The summed E-state index contributed by atoms with van der Waals surface area (Å²) in [5.41, 5.74) is -1.46. The summed E-state index contributed by atoms with van der Waals surface area (Å²) in [6, 6.07) is -0.196. The van der Waals surface area contributed by atoms with Gasteiger partial charge >= 0.3 is 18.2 Å². The number of hydrogen-bond donors (Lipinski definition) is 3. The van der Waals surface area contributed by atoms with E-state index in [-0.39, 0.29) is 37.0 Å². The number of urea groups is 1. The lowest BCUT2D eigenvalue weighted by atomic mass is 10.0. The highest BCUT2D eigenvalue weighted by atomic mass is 16.6. The topological polar surface area (TPSA) is 160 Å². The molecule has 13 nitrogen and oxygen atoms in total. The molecule has 4 amide bonds. The molecular weight excluding hydrogens is 446 g/mol. The Kier molecular flexibility index (Phi) is 7.32. The van der Waals surface area contributed by atoms with Crippen LogP contribution in [0.25, 0.3) is 0 Å². The third-order valence-corrected chi connectivity index (χ3v) is 4.77. The van der Waals surface area contributed by atoms with Gasteiger partial charge in [-0.1, -0.05) is 0 Å². The van der Waals surface area contributed by atoms with Crippen LogP contribution in [-0.4, -0.2) is 69.6 Å². The molecule has 1 aromatic rings. The van der Waals surface area contributed by atoms with Gasteiger partial charge in [-0.15, -0.1) is 10.2 Å². The molecule has 2 bridgehead atoms. The number of aliphatic imine (C=N–C) groups is 1. The van der Waals surface area contributed by atoms with Gasteiger partial charge in [0, 0.05) is 19.0 Å². The smallest absolute Gasteiger partial charge is 0.414 e. The van der Waals surface area contributed by atoms with Crippen LogP contribution in [0.2, 0.25) is 0 Å². The minimum atomic E-state index is -0.776. The van der Waals surface area contributed by atoms with E-state index in [9.17, 15) is 14.4 Å². The van der Waals surface area contributed by atoms with Crippen molar-refractivity contribution in [3.63, 3.8) is 0 Å². The van der Waals surface area contributed by atoms with Crippen molar-refractivity contribution in [1.82, 2.24) is 31.0 Å². The predicted molar refractivity (Wildman–Crippen MR) is 120 cm³/mol. The summed E-state index contributed by atoms with van der Waals surface area (Å²) in [5, 5.41) is 15.9. The molecule has 0 spiro atoms. The molecule has 13 heteroatoms. The number of guanidine groups is 1. The molecule has 2 saturated heterocycles. The van der Waals surface area contributed by atoms with E-state index in [2.05, 4.69) is 31.1 Å². The van der Waals surface area contributed by atoms with Crippen molar-refractivity contribution in [3.05, 3.63) is 11.8 Å². The van der Waals surface area contributed by atoms with Gasteiger partial charge < -0.3 is 24.1 Å². The van der Waals surface area contributed by atoms with Crippen LogP contribution in [0.5, 0.6) is 0 Å². The third-order valence-electron chi connectivity index (χ3n) is 4.77. The Morgan fingerprint density at radius 3 is 2.29 bits per heavy atom. The Balaban J connectivity index is 1.62. The summed E-state index contributed by atoms with van der Waals surface area (Å²) in [5.74, 6) is 0.582. The molecule has 3 heterocycles. The van der Waals surface area contributed by atoms with E-state index < -0.39 is 23.4 Å². The number of carbonyl (C=O) groups excluding carboxylic acids is 3. The van der Waals surface area contributed by atoms with E-state index in [0.29, 0.717) is 18.3 Å². The van der Waals surface area contributed by atoms with Crippen LogP contribution in [0, 0.1) is 0 Å². The second kappa shape index (κ2) is 9.85. The van der Waals surface area contributed by atoms with E-state index in [0.717, 1.165) is 12.8 Å². The Morgan fingerprint density at radius 2 is 1.71 bits per heavy atom. The van der Waals surface area contributed by atoms with E-state index in [1.807, 2.05) is 0 Å². The third kappa shape index (κ3) is 7.32. The van der Waals surface area contributed by atoms with Crippen LogP contribution in [0.1, 0.15) is 72.2 Å². The molecule has 0 radical (unpaired) electrons. The van der Waals surface area contributed by atoms with Crippen molar-refractivity contribution in [1.29, 1.82) is 0 Å². The molecule has 2 atom stereocenters. The molecule has 2 unspecified atom stereocenters. The first-order chi connectivity index (χ1) is 15.8. The van der Waals surface area contributed by atoms with Gasteiger partial charge in [0.1, 0.15) is 17.2 Å². The second-order valence-electron chi connectivity index (χ2n) is 10.2. The highest BCUT2D eigenvalue weighted by molar-refractivity contribution is 6.01. The zero-order chi connectivity index (χ0) is 25.1. The minimum absolute atomic E-state index is 0.122. The molecule has 2 fully saturated rings. The molecule has 3 rings (SSSR count). The summed E-state index contributed by atoms with van der Waals surface area (Å²) in [7, 11) is 0. The largest absolute Gasteiger partial charge is 0.444 e. The molecule has 0 aromatic carbocycles. The highest BCUT2D eigenvalue weighted by Gasteiger charge is 2.41. The number of rotatable bonds is 4. The average Bonchev–Trinajstić information content (AvgIpc) is 3.24. The van der Waals surface area contributed by atoms with Gasteiger partial charge in [-0.2, -0.15) is 0 Å². The lowest BCUT2D eigenvalue weighted by Crippen LogP contribution is -2.47. The summed E-state index contributed by atoms with van der Waals surface area (Å²) >= 11 is 0. The van der Waals surface area contributed by atoms with Crippen molar-refractivity contribution in [2.45, 2.75) is 84.1 Å². The molecule has 2 aliphatic rings. The Labute approximate surface area is 198 Å². The number of nitrogens with one attached hydrogen (secondary N) is 3. The van der Waals surface area contributed by atoms with Gasteiger partial charge in [-0.25, -0.2) is 14.4 Å². The van der Waals surface area contributed by atoms with Gasteiger partial charge in [0.25, 0.3) is 0 Å². The maximum atomic E-state index is 12.2. The van der Waals surface area contributed by atoms with E-state index in [1.54, 1.807) is 46.4 Å². The van der Waals surface area contributed by atoms with Crippen molar-refractivity contribution in [2.75, 3.05) is 13.1 Å². The predicted octanol–water partition coefficient (Wildman–Crippen LogP) is 2.25. The molecule has 2 aliphatic heterocycles. The number of alkyl carbamates (subject to hydrolysis) is 2. The summed E-state index contributed by atoms with van der Waals surface area (Å²) in [6.07, 6.45) is 0.297. The molecule has 1 aromatic heterocycles. The number of nitrogens with zero attached hydrogens (tertiary/aromatic N) is 4. The first kappa shape index (κ1) is 25.2. The average molecular weight is 480 g/mol. The fourth-order valence-electron chi connectivity index (χ4n) is 3.50. The molecule has 188 valence electrons. The number of piperidine rings is 1. The number of amides is 4. The van der Waals surface area contributed by atoms with Gasteiger partial charge in [0.05, 0.1) is 6.54 Å². The fourth-order valence-corrected chi connectivity index (χ4v) is 3.50. The van der Waals surface area contributed by atoms with Crippen LogP contribution in [0.15, 0.2) is 9.41 Å². The SMILES string of the molecule is CC(C)(C)OC(=O)NC(=NCCc1nnc(C2CCC3CN2C(=O)N3)o1)NC(=O)OC(C)(C)C. The van der Waals surface area contributed by atoms with Crippen LogP contribution in [0.3, 0.4) is 0 Å². The van der Waals surface area contributed by atoms with E-state index in [4.69, 9.17) is 13.9 Å². The number of hydrogen-bond acceptors (Lipinski definition) is 9. The van der Waals surface area contributed by atoms with Crippen LogP contribution >= 0.6 is 0 Å². The monoisotopic (exact) mass is 479 g/mol. The van der Waals surface area contributed by atoms with Crippen LogP contribution in [0.4, 0.5) is 14.4 Å². The number of ether oxygens (including phenoxy) is 2. The molecular formula is C21H33N7O6. The highest BCUT2D eigenvalue weighted by Crippen LogP contribution is 2.33. The van der Waals surface area contributed by atoms with Gasteiger partial charge in [-0.3, -0.25) is 15.6 Å². The Bertz CT molecular complexity index is 914. The number of aromatic nitrogens is 2. The van der Waals surface area contributed by atoms with Gasteiger partial charge in [0.15, 0.2) is 0 Å². The van der Waals surface area contributed by atoms with Crippen molar-refractivity contribution < 1.29 is 28.3 Å². The zero-order valence-electron chi connectivity index (χ0n) is 20.4. The summed E-state index contributed by atoms with van der Waals surface area (Å²) in [4.78, 5) is 42.3. The van der Waals surface area contributed by atoms with E-state index in [1.165, 1.54) is 0 Å². The second-order valence-corrected chi connectivity index (χ2v) is 10.2. The number of carbonyl (C=O) groups is 3. The first-order valence-corrected chi connectivity index (χ1v) is 11.2. The lowest BCUT2D eigenvalue weighted by molar-refractivity contribution is 0.0545. The fraction of sp³-hybridized carbons (Fsp3) is 0.714. The van der Waals surface area contributed by atoms with Crippen LogP contribution < -0.4 is 16.0 Å². The normalized spacial score (nSPS) is 19.8. The molecule has 3 N–H and O–H groups in total. The van der Waals surface area contributed by atoms with Crippen molar-refractivity contribution in [2.24, 2.45) is 4.99 Å². The van der Waals surface area contributed by atoms with Gasteiger partial charge in [-0.05, 0) is 54.4 Å². The molecule has 0 aliphatic carbocycles. The van der Waals surface area contributed by atoms with E-state index >= 15 is 0 Å².